The molecule has 7 heterocycles. The number of hydrogen-bond donors (Lipinski definition) is 5. The van der Waals surface area contributed by atoms with Gasteiger partial charge in [-0.25, -0.2) is 9.37 Å². The van der Waals surface area contributed by atoms with Crippen LogP contribution in [0.4, 0.5) is 42.2 Å². The maximum absolute atomic E-state index is 17.7. The lowest BCUT2D eigenvalue weighted by Gasteiger charge is -2.48. The maximum Gasteiger partial charge on any atom is 0.417 e. The highest BCUT2D eigenvalue weighted by Gasteiger charge is 2.54. The summed E-state index contributed by atoms with van der Waals surface area (Å²) in [6.07, 6.45) is -8.92. The zero-order valence-electron chi connectivity index (χ0n) is 47.5. The average molecular weight is 1190 g/mol. The van der Waals surface area contributed by atoms with E-state index in [4.69, 9.17) is 10.5 Å². The lowest BCUT2D eigenvalue weighted by Crippen LogP contribution is -2.63. The number of ether oxygens (including phenoxy) is 1. The molecule has 17 nitrogen and oxygen atoms in total. The van der Waals surface area contributed by atoms with Crippen molar-refractivity contribution < 1.29 is 55.0 Å². The van der Waals surface area contributed by atoms with Gasteiger partial charge in [-0.1, -0.05) is 45.0 Å². The number of amides is 3. The second kappa shape index (κ2) is 23.0. The number of β-amino-alcohol motifs (C(OH)–C–C–N with tert-alkyl or cyclic N) is 1. The molecule has 84 heavy (non-hydrogen) atoms. The van der Waals surface area contributed by atoms with Gasteiger partial charge in [0.2, 0.25) is 17.7 Å². The van der Waals surface area contributed by atoms with E-state index in [0.717, 1.165) is 40.6 Å². The Hall–Kier alpha value is -7.14. The number of carbonyl (C=O) groups excluding carboxylic acids is 3. The lowest BCUT2D eigenvalue weighted by molar-refractivity contribution is -0.234. The number of nitrogens with two attached hydrogens (primary N) is 1. The Labute approximate surface area is 484 Å². The van der Waals surface area contributed by atoms with E-state index in [1.54, 1.807) is 38.2 Å². The van der Waals surface area contributed by atoms with Crippen molar-refractivity contribution in [3.05, 3.63) is 81.9 Å². The van der Waals surface area contributed by atoms with Crippen LogP contribution in [0.5, 0.6) is 6.01 Å². The first-order valence-corrected chi connectivity index (χ1v) is 28.9. The van der Waals surface area contributed by atoms with E-state index >= 15 is 17.6 Å². The number of benzene rings is 3. The smallest absolute Gasteiger partial charge is 0.417 e. The number of unbranched alkanes of at least 4 members (excludes halogenated alkanes) is 1. The van der Waals surface area contributed by atoms with Gasteiger partial charge in [0, 0.05) is 85.7 Å². The summed E-state index contributed by atoms with van der Waals surface area (Å²) in [5.41, 5.74) is 7.11. The number of fused-ring (bicyclic) bond motifs is 4. The van der Waals surface area contributed by atoms with Crippen molar-refractivity contribution in [2.24, 2.45) is 18.4 Å². The molecule has 6 N–H and O–H groups in total. The van der Waals surface area contributed by atoms with Crippen LogP contribution in [-0.2, 0) is 27.6 Å². The molecule has 25 heteroatoms. The Morgan fingerprint density at radius 2 is 1.67 bits per heavy atom. The number of nitrogen functional groups attached to an aromatic ring is 1. The normalized spacial score (nSPS) is 21.8. The number of anilines is 2. The van der Waals surface area contributed by atoms with E-state index in [-0.39, 0.29) is 103 Å². The first-order chi connectivity index (χ1) is 39.6. The van der Waals surface area contributed by atoms with Crippen LogP contribution in [0.1, 0.15) is 100 Å². The van der Waals surface area contributed by atoms with Crippen molar-refractivity contribution in [3.8, 4) is 33.6 Å². The van der Waals surface area contributed by atoms with Crippen LogP contribution in [0.25, 0.3) is 43.4 Å². The predicted molar refractivity (Wildman–Crippen MR) is 303 cm³/mol. The highest BCUT2D eigenvalue weighted by molar-refractivity contribution is 7.13. The topological polar surface area (TPSA) is 220 Å². The fraction of sp³-hybridized carbons (Fsp3) is 0.508. The number of nitriles is 1. The van der Waals surface area contributed by atoms with Gasteiger partial charge < -0.3 is 45.9 Å². The molecule has 8 atom stereocenters. The molecule has 0 radical (unpaired) electrons. The maximum atomic E-state index is 17.7. The Morgan fingerprint density at radius 1 is 0.964 bits per heavy atom. The second-order valence-electron chi connectivity index (χ2n) is 23.8. The van der Waals surface area contributed by atoms with Gasteiger partial charge in [0.25, 0.3) is 0 Å². The van der Waals surface area contributed by atoms with Gasteiger partial charge in [0.1, 0.15) is 36.1 Å². The SMILES string of the molecule is Cc1ncsc1-c1ccc([C@H](C)NC(=O)[C@@H]2C[C@@H](O)CN2C(=O)[C@@H](NC(=O)CCCCN2C[C@@H](C(F)(F)F)[C@H]2COc2nc(N3CC4CCC(C3)N4)c3cc(C(F)(F)F)c(-c4c(C)n(C)c5ccc(N)c(C#N)c45)c(F)c3n2)C(C)(C)C)cc1. The number of aliphatic hydroxyl groups is 1. The molecule has 10 rings (SSSR count). The molecular weight excluding hydrogens is 1120 g/mol. The number of aryl methyl sites for hydroxylation is 2. The number of likely N-dealkylation sites (tertiary alicyclic amines) is 2. The average Bonchev–Trinajstić information content (AvgIpc) is 1.76. The van der Waals surface area contributed by atoms with Gasteiger partial charge in [-0.2, -0.15) is 41.6 Å². The Bertz CT molecular complexity index is 3550. The van der Waals surface area contributed by atoms with E-state index < -0.39 is 113 Å². The summed E-state index contributed by atoms with van der Waals surface area (Å²) in [5, 5.41) is 29.9. The number of nitrogens with one attached hydrogen (secondary N) is 3. The largest absolute Gasteiger partial charge is 0.462 e. The molecule has 0 spiro atoms. The number of piperazine rings is 1. The van der Waals surface area contributed by atoms with Crippen LogP contribution in [0.3, 0.4) is 0 Å². The molecule has 4 saturated heterocycles. The first-order valence-electron chi connectivity index (χ1n) is 28.0. The third-order valence-corrected chi connectivity index (χ3v) is 18.1. The number of aliphatic hydroxyl groups excluding tert-OH is 1. The molecule has 4 aliphatic rings. The summed E-state index contributed by atoms with van der Waals surface area (Å²) in [6, 6.07) is 8.88. The molecular formula is C59H67F7N12O5S. The third kappa shape index (κ3) is 11.7. The van der Waals surface area contributed by atoms with Crippen molar-refractivity contribution >= 4 is 62.4 Å². The molecule has 0 aliphatic carbocycles. The number of halogens is 7. The van der Waals surface area contributed by atoms with Crippen molar-refractivity contribution in [1.29, 1.82) is 5.26 Å². The van der Waals surface area contributed by atoms with Crippen molar-refractivity contribution in [2.75, 3.05) is 50.0 Å². The van der Waals surface area contributed by atoms with E-state index in [1.165, 1.54) is 44.8 Å². The minimum atomic E-state index is -5.14. The highest BCUT2D eigenvalue weighted by Crippen LogP contribution is 2.49. The Morgan fingerprint density at radius 3 is 2.30 bits per heavy atom. The van der Waals surface area contributed by atoms with Crippen LogP contribution in [0.15, 0.2) is 48.0 Å². The van der Waals surface area contributed by atoms with E-state index in [2.05, 4.69) is 30.9 Å². The van der Waals surface area contributed by atoms with Crippen LogP contribution >= 0.6 is 11.3 Å². The second-order valence-corrected chi connectivity index (χ2v) is 24.6. The van der Waals surface area contributed by atoms with Crippen molar-refractivity contribution in [2.45, 2.75) is 135 Å². The van der Waals surface area contributed by atoms with Gasteiger partial charge in [-0.15, -0.1) is 11.3 Å². The minimum Gasteiger partial charge on any atom is -0.462 e. The fourth-order valence-corrected chi connectivity index (χ4v) is 13.3. The van der Waals surface area contributed by atoms with Crippen molar-refractivity contribution in [3.63, 3.8) is 0 Å². The van der Waals surface area contributed by atoms with Crippen LogP contribution in [0, 0.1) is 42.3 Å². The summed E-state index contributed by atoms with van der Waals surface area (Å²) in [5.74, 6) is -4.86. The molecule has 3 aromatic carbocycles. The number of hydrogen-bond acceptors (Lipinski definition) is 14. The minimum absolute atomic E-state index is 0.00111. The number of carbonyl (C=O) groups is 3. The third-order valence-electron chi connectivity index (χ3n) is 17.1. The number of rotatable bonds is 16. The summed E-state index contributed by atoms with van der Waals surface area (Å²) in [7, 11) is 1.56. The summed E-state index contributed by atoms with van der Waals surface area (Å²) in [6.45, 7) is 10.0. The molecule has 2 unspecified atom stereocenters. The molecule has 3 amide bonds. The van der Waals surface area contributed by atoms with Gasteiger partial charge in [-0.05, 0) is 87.7 Å². The fourth-order valence-electron chi connectivity index (χ4n) is 12.5. The molecule has 6 aromatic rings. The standard InChI is InChI=1S/C59H67F7N12O5S/c1-29(32-11-13-33(14-12-32)51-30(2)69-28-84-51)70-54(81)43-20-36(79)25-78(43)55(82)52(57(4,5)6)72-45(80)10-8-9-19-76-26-40(59(64,65)66)44(76)27-83-56-73-50-37(53(74-56)77-23-34-15-16-35(24-77)71-34)21-39(58(61,62)63)48(49(50)60)46-31(3)75(7)42-18-17-41(68)38(22-67)47(42)46/h11-14,17-18,21,28-29,34-36,40,43-44,52,71,79H,8-10,15-16,19-20,23-27,68H2,1-7H3,(H,70,81)(H,72,80)/t29-,34?,35?,36+,40+,43-,44+,52+/m0/s1. The number of alkyl halides is 6. The van der Waals surface area contributed by atoms with E-state index in [0.29, 0.717) is 5.52 Å². The molecule has 0 saturated carbocycles. The van der Waals surface area contributed by atoms with E-state index in [1.807, 2.05) is 44.2 Å². The summed E-state index contributed by atoms with van der Waals surface area (Å²) in [4.78, 5) is 60.5. The summed E-state index contributed by atoms with van der Waals surface area (Å²) >= 11 is 1.53. The number of thiazole rings is 1. The van der Waals surface area contributed by atoms with Gasteiger partial charge in [-0.3, -0.25) is 19.3 Å². The van der Waals surface area contributed by atoms with Gasteiger partial charge >= 0.3 is 18.4 Å². The predicted octanol–water partition coefficient (Wildman–Crippen LogP) is 8.86. The monoisotopic (exact) mass is 1190 g/mol. The quantitative estimate of drug-likeness (QED) is 0.0348. The zero-order chi connectivity index (χ0) is 60.5. The Balaban J connectivity index is 0.834. The number of nitrogens with zero attached hydrogens (tertiary/aromatic N) is 8. The van der Waals surface area contributed by atoms with Crippen LogP contribution in [0.2, 0.25) is 0 Å². The summed E-state index contributed by atoms with van der Waals surface area (Å²) < 4.78 is 115. The van der Waals surface area contributed by atoms with Gasteiger partial charge in [0.15, 0.2) is 5.82 Å². The number of aromatic nitrogens is 4. The Kier molecular flexibility index (Phi) is 16.5. The first kappa shape index (κ1) is 60.0. The van der Waals surface area contributed by atoms with Crippen LogP contribution < -0.4 is 31.3 Å². The molecule has 4 aliphatic heterocycles. The lowest BCUT2D eigenvalue weighted by atomic mass is 9.85. The van der Waals surface area contributed by atoms with Crippen molar-refractivity contribution in [1.82, 2.24) is 45.3 Å². The molecule has 4 fully saturated rings. The van der Waals surface area contributed by atoms with E-state index in [9.17, 15) is 37.9 Å². The zero-order valence-corrected chi connectivity index (χ0v) is 48.3. The van der Waals surface area contributed by atoms with Gasteiger partial charge in [0.05, 0.1) is 62.5 Å². The van der Waals surface area contributed by atoms with Crippen LogP contribution in [-0.4, -0.2) is 134 Å². The highest BCUT2D eigenvalue weighted by atomic mass is 32.1. The molecule has 2 bridgehead atoms. The molecule has 448 valence electrons. The molecule has 3 aromatic heterocycles.